The molecule has 0 aliphatic rings. The third-order valence-electron chi connectivity index (χ3n) is 2.74. The quantitative estimate of drug-likeness (QED) is 0.681. The molecule has 0 heterocycles. The van der Waals surface area contributed by atoms with E-state index < -0.39 is 16.9 Å². The molecule has 0 radical (unpaired) electrons. The molecule has 0 aromatic heterocycles. The molecule has 1 aromatic rings. The maximum atomic E-state index is 10.9. The van der Waals surface area contributed by atoms with E-state index in [0.29, 0.717) is 23.1 Å². The van der Waals surface area contributed by atoms with Gasteiger partial charge in [-0.05, 0) is 43.7 Å². The maximum Gasteiger partial charge on any atom is 0.119 e. The number of benzene rings is 1. The van der Waals surface area contributed by atoms with E-state index >= 15 is 0 Å². The topological polar surface area (TPSA) is 58.6 Å². The molecule has 0 saturated carbocycles. The van der Waals surface area contributed by atoms with E-state index in [0.717, 1.165) is 18.5 Å². The van der Waals surface area contributed by atoms with Gasteiger partial charge in [0, 0.05) is 34.4 Å². The maximum absolute atomic E-state index is 10.9. The minimum absolute atomic E-state index is 0.230. The van der Waals surface area contributed by atoms with Crippen LogP contribution in [0.2, 0.25) is 5.02 Å². The molecule has 0 amide bonds. The third-order valence-corrected chi connectivity index (χ3v) is 4.02. The lowest BCUT2D eigenvalue weighted by Gasteiger charge is -2.13. The van der Waals surface area contributed by atoms with Gasteiger partial charge in [-0.2, -0.15) is 0 Å². The molecule has 1 rings (SSSR count). The Labute approximate surface area is 127 Å². The Bertz CT molecular complexity index is 442. The molecule has 2 unspecified atom stereocenters. The first-order valence-electron chi connectivity index (χ1n) is 6.57. The van der Waals surface area contributed by atoms with Crippen molar-refractivity contribution in [2.75, 3.05) is 31.7 Å². The molecule has 0 aliphatic heterocycles. The molecule has 0 bridgehead atoms. The molecular formula is C14H22ClNO3S. The average molecular weight is 320 g/mol. The fraction of sp³-hybridized carbons (Fsp3) is 0.571. The minimum Gasteiger partial charge on any atom is -0.491 e. The van der Waals surface area contributed by atoms with E-state index in [1.54, 1.807) is 18.4 Å². The van der Waals surface area contributed by atoms with Gasteiger partial charge < -0.3 is 15.2 Å². The summed E-state index contributed by atoms with van der Waals surface area (Å²) in [5.74, 6) is 1.39. The van der Waals surface area contributed by atoms with E-state index in [-0.39, 0.29) is 6.61 Å². The van der Waals surface area contributed by atoms with Crippen LogP contribution in [-0.2, 0) is 10.8 Å². The van der Waals surface area contributed by atoms with Crippen molar-refractivity contribution in [1.82, 2.24) is 5.32 Å². The summed E-state index contributed by atoms with van der Waals surface area (Å²) in [7, 11) is -0.750. The minimum atomic E-state index is -0.750. The zero-order valence-electron chi connectivity index (χ0n) is 11.9. The SMILES string of the molecule is Cc1cc(OCC(O)CNCCCS(C)=O)ccc1Cl. The Morgan fingerprint density at radius 2 is 2.25 bits per heavy atom. The highest BCUT2D eigenvalue weighted by atomic mass is 35.5. The van der Waals surface area contributed by atoms with Crippen LogP contribution in [0.25, 0.3) is 0 Å². The molecule has 1 aromatic carbocycles. The second-order valence-corrected chi connectivity index (χ2v) is 6.67. The third kappa shape index (κ3) is 7.24. The number of aliphatic hydroxyl groups excluding tert-OH is 1. The van der Waals surface area contributed by atoms with Crippen LogP contribution in [0.1, 0.15) is 12.0 Å². The van der Waals surface area contributed by atoms with Crippen LogP contribution in [0, 0.1) is 6.92 Å². The molecule has 0 fully saturated rings. The van der Waals surface area contributed by atoms with Crippen molar-refractivity contribution >= 4 is 22.4 Å². The number of aryl methyl sites for hydroxylation is 1. The molecule has 2 N–H and O–H groups in total. The predicted molar refractivity (Wildman–Crippen MR) is 84.1 cm³/mol. The molecular weight excluding hydrogens is 298 g/mol. The Balaban J connectivity index is 2.17. The standard InChI is InChI=1S/C14H22ClNO3S/c1-11-8-13(4-5-14(11)15)19-10-12(17)9-16-6-3-7-20(2)18/h4-5,8,12,16-17H,3,6-7,9-10H2,1-2H3. The first-order chi connectivity index (χ1) is 9.49. The van der Waals surface area contributed by atoms with Gasteiger partial charge in [0.1, 0.15) is 18.5 Å². The van der Waals surface area contributed by atoms with Crippen molar-refractivity contribution in [1.29, 1.82) is 0 Å². The zero-order valence-corrected chi connectivity index (χ0v) is 13.5. The summed E-state index contributed by atoms with van der Waals surface area (Å²) >= 11 is 5.93. The Kier molecular flexibility index (Phi) is 8.14. The molecule has 0 saturated heterocycles. The van der Waals surface area contributed by atoms with Crippen molar-refractivity contribution in [3.63, 3.8) is 0 Å². The van der Waals surface area contributed by atoms with Crippen LogP contribution in [0.4, 0.5) is 0 Å². The van der Waals surface area contributed by atoms with Gasteiger partial charge in [-0.1, -0.05) is 11.6 Å². The highest BCUT2D eigenvalue weighted by Gasteiger charge is 2.05. The smallest absolute Gasteiger partial charge is 0.119 e. The lowest BCUT2D eigenvalue weighted by Crippen LogP contribution is -2.32. The molecule has 2 atom stereocenters. The van der Waals surface area contributed by atoms with Crippen molar-refractivity contribution in [2.45, 2.75) is 19.4 Å². The molecule has 0 aliphatic carbocycles. The molecule has 4 nitrogen and oxygen atoms in total. The van der Waals surface area contributed by atoms with Crippen LogP contribution >= 0.6 is 11.6 Å². The van der Waals surface area contributed by atoms with Crippen LogP contribution in [0.5, 0.6) is 5.75 Å². The Morgan fingerprint density at radius 1 is 1.50 bits per heavy atom. The predicted octanol–water partition coefficient (Wildman–Crippen LogP) is 1.75. The van der Waals surface area contributed by atoms with Crippen molar-refractivity contribution in [2.24, 2.45) is 0 Å². The van der Waals surface area contributed by atoms with Gasteiger partial charge in [-0.25, -0.2) is 0 Å². The fourth-order valence-electron chi connectivity index (χ4n) is 1.63. The molecule has 20 heavy (non-hydrogen) atoms. The lowest BCUT2D eigenvalue weighted by molar-refractivity contribution is 0.106. The van der Waals surface area contributed by atoms with E-state index in [1.165, 1.54) is 0 Å². The summed E-state index contributed by atoms with van der Waals surface area (Å²) in [6.45, 7) is 3.35. The van der Waals surface area contributed by atoms with Crippen LogP contribution in [-0.4, -0.2) is 47.1 Å². The van der Waals surface area contributed by atoms with Gasteiger partial charge in [-0.3, -0.25) is 4.21 Å². The zero-order chi connectivity index (χ0) is 15.0. The summed E-state index contributed by atoms with van der Waals surface area (Å²) in [6, 6.07) is 5.41. The number of rotatable bonds is 9. The largest absolute Gasteiger partial charge is 0.491 e. The molecule has 114 valence electrons. The average Bonchev–Trinajstić information content (AvgIpc) is 2.39. The number of hydrogen-bond donors (Lipinski definition) is 2. The summed E-state index contributed by atoms with van der Waals surface area (Å²) in [5.41, 5.74) is 0.948. The highest BCUT2D eigenvalue weighted by Crippen LogP contribution is 2.20. The van der Waals surface area contributed by atoms with Crippen LogP contribution < -0.4 is 10.1 Å². The van der Waals surface area contributed by atoms with Gasteiger partial charge in [0.05, 0.1) is 0 Å². The van der Waals surface area contributed by atoms with Crippen LogP contribution in [0.3, 0.4) is 0 Å². The summed E-state index contributed by atoms with van der Waals surface area (Å²) < 4.78 is 16.4. The summed E-state index contributed by atoms with van der Waals surface area (Å²) in [6.07, 6.45) is 1.96. The van der Waals surface area contributed by atoms with Gasteiger partial charge in [0.2, 0.25) is 0 Å². The van der Waals surface area contributed by atoms with Crippen LogP contribution in [0.15, 0.2) is 18.2 Å². The van der Waals surface area contributed by atoms with Gasteiger partial charge in [-0.15, -0.1) is 0 Å². The van der Waals surface area contributed by atoms with E-state index in [4.69, 9.17) is 16.3 Å². The van der Waals surface area contributed by atoms with Gasteiger partial charge in [0.25, 0.3) is 0 Å². The van der Waals surface area contributed by atoms with Crippen molar-refractivity contribution in [3.8, 4) is 5.75 Å². The van der Waals surface area contributed by atoms with Crippen molar-refractivity contribution < 1.29 is 14.1 Å². The summed E-state index contributed by atoms with van der Waals surface area (Å²) in [5, 5.41) is 13.6. The highest BCUT2D eigenvalue weighted by molar-refractivity contribution is 7.84. The Hall–Kier alpha value is -0.620. The lowest BCUT2D eigenvalue weighted by atomic mass is 10.2. The number of hydrogen-bond acceptors (Lipinski definition) is 4. The van der Waals surface area contributed by atoms with E-state index in [1.807, 2.05) is 13.0 Å². The number of nitrogens with one attached hydrogen (secondary N) is 1. The second kappa shape index (κ2) is 9.34. The number of aliphatic hydroxyl groups is 1. The second-order valence-electron chi connectivity index (χ2n) is 4.71. The molecule has 0 spiro atoms. The van der Waals surface area contributed by atoms with Gasteiger partial charge >= 0.3 is 0 Å². The van der Waals surface area contributed by atoms with Crippen molar-refractivity contribution in [3.05, 3.63) is 28.8 Å². The Morgan fingerprint density at radius 3 is 2.90 bits per heavy atom. The van der Waals surface area contributed by atoms with E-state index in [9.17, 15) is 9.32 Å². The normalized spacial score (nSPS) is 14.0. The number of halogens is 1. The van der Waals surface area contributed by atoms with Gasteiger partial charge in [0.15, 0.2) is 0 Å². The van der Waals surface area contributed by atoms with E-state index in [2.05, 4.69) is 5.32 Å². The first-order valence-corrected chi connectivity index (χ1v) is 8.67. The summed E-state index contributed by atoms with van der Waals surface area (Å²) in [4.78, 5) is 0. The number of ether oxygens (including phenoxy) is 1. The fourth-order valence-corrected chi connectivity index (χ4v) is 2.30. The monoisotopic (exact) mass is 319 g/mol. The molecule has 6 heteroatoms. The first kappa shape index (κ1) is 17.4.